The summed E-state index contributed by atoms with van der Waals surface area (Å²) in [4.78, 5) is 14.1. The summed E-state index contributed by atoms with van der Waals surface area (Å²) in [5.74, 6) is 0.116. The third-order valence-electron chi connectivity index (χ3n) is 3.17. The SMILES string of the molecule is CCCN(CC)CCNC(=O)CC1COCCN1. The van der Waals surface area contributed by atoms with Crippen LogP contribution in [-0.2, 0) is 9.53 Å². The van der Waals surface area contributed by atoms with Gasteiger partial charge in [-0.05, 0) is 19.5 Å². The third-order valence-corrected chi connectivity index (χ3v) is 3.17. The highest BCUT2D eigenvalue weighted by atomic mass is 16.5. The summed E-state index contributed by atoms with van der Waals surface area (Å²) in [6, 6.07) is 0.177. The normalized spacial score (nSPS) is 20.1. The lowest BCUT2D eigenvalue weighted by molar-refractivity contribution is -0.122. The fourth-order valence-corrected chi connectivity index (χ4v) is 2.14. The number of hydrogen-bond acceptors (Lipinski definition) is 4. The molecule has 5 heteroatoms. The molecule has 0 radical (unpaired) electrons. The molecule has 18 heavy (non-hydrogen) atoms. The zero-order valence-electron chi connectivity index (χ0n) is 11.7. The number of amides is 1. The van der Waals surface area contributed by atoms with E-state index in [0.29, 0.717) is 13.0 Å². The molecule has 1 unspecified atom stereocenters. The summed E-state index contributed by atoms with van der Waals surface area (Å²) < 4.78 is 5.32. The van der Waals surface area contributed by atoms with Crippen LogP contribution >= 0.6 is 0 Å². The smallest absolute Gasteiger partial charge is 0.221 e. The first-order valence-electron chi connectivity index (χ1n) is 7.06. The maximum atomic E-state index is 11.7. The summed E-state index contributed by atoms with van der Waals surface area (Å²) >= 11 is 0. The van der Waals surface area contributed by atoms with Crippen molar-refractivity contribution in [2.45, 2.75) is 32.7 Å². The Hall–Kier alpha value is -0.650. The lowest BCUT2D eigenvalue weighted by Crippen LogP contribution is -2.45. The van der Waals surface area contributed by atoms with Gasteiger partial charge in [-0.1, -0.05) is 13.8 Å². The molecular weight excluding hydrogens is 230 g/mol. The van der Waals surface area contributed by atoms with Crippen molar-refractivity contribution in [1.82, 2.24) is 15.5 Å². The molecule has 0 saturated carbocycles. The molecule has 106 valence electrons. The van der Waals surface area contributed by atoms with Gasteiger partial charge in [-0.2, -0.15) is 0 Å². The molecule has 0 spiro atoms. The highest BCUT2D eigenvalue weighted by molar-refractivity contribution is 5.76. The van der Waals surface area contributed by atoms with E-state index in [2.05, 4.69) is 29.4 Å². The number of nitrogens with one attached hydrogen (secondary N) is 2. The molecule has 1 fully saturated rings. The molecule has 0 aromatic rings. The zero-order chi connectivity index (χ0) is 13.2. The summed E-state index contributed by atoms with van der Waals surface area (Å²) in [7, 11) is 0. The van der Waals surface area contributed by atoms with E-state index in [-0.39, 0.29) is 11.9 Å². The molecule has 1 aliphatic heterocycles. The monoisotopic (exact) mass is 257 g/mol. The van der Waals surface area contributed by atoms with E-state index < -0.39 is 0 Å². The third kappa shape index (κ3) is 6.33. The quantitative estimate of drug-likeness (QED) is 0.653. The predicted octanol–water partition coefficient (Wildman–Crippen LogP) is 0.213. The second kappa shape index (κ2) is 9.30. The van der Waals surface area contributed by atoms with Gasteiger partial charge in [0.2, 0.25) is 5.91 Å². The molecule has 5 nitrogen and oxygen atoms in total. The number of nitrogens with zero attached hydrogens (tertiary/aromatic N) is 1. The molecule has 0 bridgehead atoms. The Morgan fingerprint density at radius 2 is 2.28 bits per heavy atom. The Balaban J connectivity index is 2.08. The van der Waals surface area contributed by atoms with Crippen molar-refractivity contribution in [3.63, 3.8) is 0 Å². The summed E-state index contributed by atoms with van der Waals surface area (Å²) in [5, 5.41) is 6.26. The van der Waals surface area contributed by atoms with Gasteiger partial charge in [-0.3, -0.25) is 4.79 Å². The van der Waals surface area contributed by atoms with Crippen molar-refractivity contribution in [3.05, 3.63) is 0 Å². The van der Waals surface area contributed by atoms with Crippen molar-refractivity contribution in [3.8, 4) is 0 Å². The highest BCUT2D eigenvalue weighted by Crippen LogP contribution is 1.98. The van der Waals surface area contributed by atoms with Crippen LogP contribution in [0.25, 0.3) is 0 Å². The minimum atomic E-state index is 0.116. The molecule has 1 amide bonds. The molecule has 0 aliphatic carbocycles. The van der Waals surface area contributed by atoms with Crippen molar-refractivity contribution >= 4 is 5.91 Å². The highest BCUT2D eigenvalue weighted by Gasteiger charge is 2.16. The van der Waals surface area contributed by atoms with Crippen LogP contribution in [0.1, 0.15) is 26.7 Å². The number of morpholine rings is 1. The first-order valence-corrected chi connectivity index (χ1v) is 7.06. The van der Waals surface area contributed by atoms with Gasteiger partial charge in [0.1, 0.15) is 0 Å². The van der Waals surface area contributed by atoms with Crippen molar-refractivity contribution in [2.75, 3.05) is 45.9 Å². The van der Waals surface area contributed by atoms with Crippen molar-refractivity contribution < 1.29 is 9.53 Å². The Morgan fingerprint density at radius 1 is 1.44 bits per heavy atom. The van der Waals surface area contributed by atoms with Crippen LogP contribution in [0.3, 0.4) is 0 Å². The number of likely N-dealkylation sites (N-methyl/N-ethyl adjacent to an activating group) is 1. The lowest BCUT2D eigenvalue weighted by atomic mass is 10.2. The number of ether oxygens (including phenoxy) is 1. The van der Waals surface area contributed by atoms with E-state index in [1.54, 1.807) is 0 Å². The first-order chi connectivity index (χ1) is 8.76. The van der Waals surface area contributed by atoms with Crippen LogP contribution in [0.2, 0.25) is 0 Å². The Kier molecular flexibility index (Phi) is 7.96. The Bertz CT molecular complexity index is 230. The van der Waals surface area contributed by atoms with E-state index in [1.807, 2.05) is 0 Å². The molecule has 1 saturated heterocycles. The lowest BCUT2D eigenvalue weighted by Gasteiger charge is -2.24. The number of hydrogen-bond donors (Lipinski definition) is 2. The zero-order valence-corrected chi connectivity index (χ0v) is 11.7. The van der Waals surface area contributed by atoms with Gasteiger partial charge in [0, 0.05) is 32.1 Å². The van der Waals surface area contributed by atoms with Gasteiger partial charge in [-0.15, -0.1) is 0 Å². The minimum absolute atomic E-state index is 0.116. The number of rotatable bonds is 8. The summed E-state index contributed by atoms with van der Waals surface area (Å²) in [5.41, 5.74) is 0. The average molecular weight is 257 g/mol. The number of carbonyl (C=O) groups is 1. The van der Waals surface area contributed by atoms with E-state index in [4.69, 9.17) is 4.74 Å². The van der Waals surface area contributed by atoms with Crippen molar-refractivity contribution in [2.24, 2.45) is 0 Å². The van der Waals surface area contributed by atoms with Gasteiger partial charge in [0.05, 0.1) is 13.2 Å². The van der Waals surface area contributed by atoms with E-state index in [0.717, 1.165) is 45.8 Å². The maximum Gasteiger partial charge on any atom is 0.221 e. The van der Waals surface area contributed by atoms with E-state index in [1.165, 1.54) is 0 Å². The Labute approximate surface area is 110 Å². The standard InChI is InChI=1S/C13H27N3O2/c1-3-7-16(4-2)8-5-15-13(17)10-12-11-18-9-6-14-12/h12,14H,3-11H2,1-2H3,(H,15,17). The molecule has 1 heterocycles. The van der Waals surface area contributed by atoms with Gasteiger partial charge in [-0.25, -0.2) is 0 Å². The fourth-order valence-electron chi connectivity index (χ4n) is 2.14. The Morgan fingerprint density at radius 3 is 2.89 bits per heavy atom. The van der Waals surface area contributed by atoms with Gasteiger partial charge < -0.3 is 20.3 Å². The predicted molar refractivity (Wildman–Crippen MR) is 72.6 cm³/mol. The maximum absolute atomic E-state index is 11.7. The van der Waals surface area contributed by atoms with Gasteiger partial charge >= 0.3 is 0 Å². The summed E-state index contributed by atoms with van der Waals surface area (Å²) in [6.07, 6.45) is 1.67. The first kappa shape index (κ1) is 15.4. The molecule has 0 aromatic heterocycles. The molecule has 0 aromatic carbocycles. The van der Waals surface area contributed by atoms with Crippen LogP contribution in [0.4, 0.5) is 0 Å². The second-order valence-corrected chi connectivity index (χ2v) is 4.71. The van der Waals surface area contributed by atoms with Crippen LogP contribution in [0, 0.1) is 0 Å². The van der Waals surface area contributed by atoms with Gasteiger partial charge in [0.25, 0.3) is 0 Å². The van der Waals surface area contributed by atoms with Crippen LogP contribution in [0.5, 0.6) is 0 Å². The molecule has 1 atom stereocenters. The van der Waals surface area contributed by atoms with Crippen molar-refractivity contribution in [1.29, 1.82) is 0 Å². The number of carbonyl (C=O) groups excluding carboxylic acids is 1. The average Bonchev–Trinajstić information content (AvgIpc) is 2.39. The molecular formula is C13H27N3O2. The molecule has 1 rings (SSSR count). The fraction of sp³-hybridized carbons (Fsp3) is 0.923. The minimum Gasteiger partial charge on any atom is -0.378 e. The molecule has 2 N–H and O–H groups in total. The van der Waals surface area contributed by atoms with Crippen LogP contribution < -0.4 is 10.6 Å². The van der Waals surface area contributed by atoms with E-state index in [9.17, 15) is 4.79 Å². The topological polar surface area (TPSA) is 53.6 Å². The second-order valence-electron chi connectivity index (χ2n) is 4.71. The van der Waals surface area contributed by atoms with E-state index >= 15 is 0 Å². The summed E-state index contributed by atoms with van der Waals surface area (Å²) in [6.45, 7) is 10.4. The van der Waals surface area contributed by atoms with Gasteiger partial charge in [0.15, 0.2) is 0 Å². The van der Waals surface area contributed by atoms with Crippen LogP contribution in [-0.4, -0.2) is 62.8 Å². The largest absolute Gasteiger partial charge is 0.378 e. The molecule has 1 aliphatic rings. The van der Waals surface area contributed by atoms with Crippen LogP contribution in [0.15, 0.2) is 0 Å².